The van der Waals surface area contributed by atoms with Gasteiger partial charge in [0.05, 0.1) is 17.1 Å². The van der Waals surface area contributed by atoms with Crippen molar-refractivity contribution in [2.24, 2.45) is 0 Å². The minimum absolute atomic E-state index is 0.181. The molecule has 0 spiro atoms. The molecule has 0 saturated carbocycles. The Hall–Kier alpha value is -1.68. The molecule has 0 aliphatic rings. The molecule has 3 nitrogen and oxygen atoms in total. The summed E-state index contributed by atoms with van der Waals surface area (Å²) < 4.78 is 0. The summed E-state index contributed by atoms with van der Waals surface area (Å²) in [5.74, 6) is -0.750. The summed E-state index contributed by atoms with van der Waals surface area (Å²) >= 11 is 1.65. The van der Waals surface area contributed by atoms with Crippen molar-refractivity contribution >= 4 is 17.3 Å². The zero-order valence-corrected chi connectivity index (χ0v) is 11.7. The van der Waals surface area contributed by atoms with E-state index in [4.69, 9.17) is 5.11 Å². The van der Waals surface area contributed by atoms with Crippen LogP contribution in [-0.2, 0) is 24.1 Å². The molecule has 4 heteroatoms. The number of rotatable bonds is 6. The van der Waals surface area contributed by atoms with Crippen molar-refractivity contribution in [3.8, 4) is 0 Å². The normalized spacial score (nSPS) is 10.6. The lowest BCUT2D eigenvalue weighted by molar-refractivity contribution is -0.136. The minimum atomic E-state index is -0.750. The maximum Gasteiger partial charge on any atom is 0.303 e. The summed E-state index contributed by atoms with van der Waals surface area (Å²) in [7, 11) is 0. The highest BCUT2D eigenvalue weighted by Crippen LogP contribution is 2.23. The Kier molecular flexibility index (Phi) is 4.68. The van der Waals surface area contributed by atoms with Gasteiger partial charge in [-0.2, -0.15) is 0 Å². The van der Waals surface area contributed by atoms with Crippen LogP contribution < -0.4 is 0 Å². The van der Waals surface area contributed by atoms with Gasteiger partial charge in [-0.1, -0.05) is 37.3 Å². The highest BCUT2D eigenvalue weighted by molar-refractivity contribution is 7.11. The summed E-state index contributed by atoms with van der Waals surface area (Å²) in [5.41, 5.74) is 2.29. The van der Waals surface area contributed by atoms with Gasteiger partial charge < -0.3 is 5.11 Å². The van der Waals surface area contributed by atoms with Crippen LogP contribution in [0.25, 0.3) is 0 Å². The van der Waals surface area contributed by atoms with E-state index in [1.165, 1.54) is 5.56 Å². The smallest absolute Gasteiger partial charge is 0.303 e. The van der Waals surface area contributed by atoms with E-state index in [1.54, 1.807) is 11.3 Å². The number of carboxylic acids is 1. The largest absolute Gasteiger partial charge is 0.481 e. The van der Waals surface area contributed by atoms with Crippen molar-refractivity contribution in [2.45, 2.75) is 32.6 Å². The van der Waals surface area contributed by atoms with Crippen LogP contribution in [0.5, 0.6) is 0 Å². The van der Waals surface area contributed by atoms with Crippen LogP contribution in [0.2, 0.25) is 0 Å². The molecule has 2 rings (SSSR count). The van der Waals surface area contributed by atoms with Crippen molar-refractivity contribution in [2.75, 3.05) is 0 Å². The summed E-state index contributed by atoms with van der Waals surface area (Å²) in [6.45, 7) is 2.06. The number of hydrogen-bond acceptors (Lipinski definition) is 3. The Bertz CT molecular complexity index is 549. The maximum atomic E-state index is 10.7. The van der Waals surface area contributed by atoms with E-state index in [2.05, 4.69) is 24.0 Å². The molecule has 2 aromatic rings. The van der Waals surface area contributed by atoms with Gasteiger partial charge in [-0.15, -0.1) is 11.3 Å². The zero-order valence-electron chi connectivity index (χ0n) is 10.9. The summed E-state index contributed by atoms with van der Waals surface area (Å²) in [6, 6.07) is 10.2. The third-order valence-electron chi connectivity index (χ3n) is 2.92. The lowest BCUT2D eigenvalue weighted by Crippen LogP contribution is -1.98. The van der Waals surface area contributed by atoms with Gasteiger partial charge >= 0.3 is 5.97 Å². The monoisotopic (exact) mass is 275 g/mol. The molecule has 0 aliphatic heterocycles. The van der Waals surface area contributed by atoms with E-state index in [1.807, 2.05) is 18.2 Å². The molecule has 0 fully saturated rings. The molecular formula is C15H17NO2S. The molecule has 1 aromatic heterocycles. The molecule has 0 amide bonds. The second-order valence-corrected chi connectivity index (χ2v) is 5.56. The Balaban J connectivity index is 2.12. The average Bonchev–Trinajstić information content (AvgIpc) is 2.79. The molecule has 0 radical (unpaired) electrons. The third kappa shape index (κ3) is 3.89. The van der Waals surface area contributed by atoms with Gasteiger partial charge in [-0.3, -0.25) is 4.79 Å². The molecule has 1 aromatic carbocycles. The van der Waals surface area contributed by atoms with Gasteiger partial charge in [0.1, 0.15) is 0 Å². The first-order valence-corrected chi connectivity index (χ1v) is 7.24. The summed E-state index contributed by atoms with van der Waals surface area (Å²) in [5, 5.41) is 9.84. The van der Waals surface area contributed by atoms with Crippen molar-refractivity contribution in [1.82, 2.24) is 4.98 Å². The fraction of sp³-hybridized carbons (Fsp3) is 0.333. The number of carbonyl (C=O) groups is 1. The van der Waals surface area contributed by atoms with Crippen molar-refractivity contribution in [3.63, 3.8) is 0 Å². The van der Waals surface area contributed by atoms with E-state index in [0.717, 1.165) is 28.4 Å². The van der Waals surface area contributed by atoms with Crippen LogP contribution in [0.4, 0.5) is 0 Å². The van der Waals surface area contributed by atoms with Gasteiger partial charge in [0.2, 0.25) is 0 Å². The number of nitrogens with zero attached hydrogens (tertiary/aromatic N) is 1. The lowest BCUT2D eigenvalue weighted by Gasteiger charge is -1.96. The molecule has 0 bridgehead atoms. The quantitative estimate of drug-likeness (QED) is 0.880. The van der Waals surface area contributed by atoms with Crippen LogP contribution >= 0.6 is 11.3 Å². The third-order valence-corrected chi connectivity index (χ3v) is 4.08. The number of benzene rings is 1. The fourth-order valence-electron chi connectivity index (χ4n) is 1.97. The Morgan fingerprint density at radius 3 is 2.68 bits per heavy atom. The van der Waals surface area contributed by atoms with E-state index in [9.17, 15) is 4.79 Å². The van der Waals surface area contributed by atoms with E-state index in [-0.39, 0.29) is 6.42 Å². The van der Waals surface area contributed by atoms with Gasteiger partial charge in [0.15, 0.2) is 0 Å². The molecule has 0 saturated heterocycles. The number of hydrogen-bond donors (Lipinski definition) is 1. The maximum absolute atomic E-state index is 10.7. The molecule has 1 N–H and O–H groups in total. The number of carboxylic acid groups (broad SMARTS) is 1. The first-order valence-electron chi connectivity index (χ1n) is 6.42. The Labute approximate surface area is 116 Å². The van der Waals surface area contributed by atoms with Gasteiger partial charge in [0, 0.05) is 11.3 Å². The van der Waals surface area contributed by atoms with E-state index < -0.39 is 5.97 Å². The fourth-order valence-corrected chi connectivity index (χ4v) is 3.17. The number of aromatic nitrogens is 1. The van der Waals surface area contributed by atoms with Crippen LogP contribution in [-0.4, -0.2) is 16.1 Å². The average molecular weight is 275 g/mol. The number of aryl methyl sites for hydroxylation is 2. The van der Waals surface area contributed by atoms with Crippen LogP contribution in [0, 0.1) is 0 Å². The van der Waals surface area contributed by atoms with Crippen LogP contribution in [0.1, 0.15) is 34.5 Å². The number of aliphatic carboxylic acids is 1. The van der Waals surface area contributed by atoms with Crippen molar-refractivity contribution in [3.05, 3.63) is 51.5 Å². The predicted octanol–water partition coefficient (Wildman–Crippen LogP) is 3.31. The summed E-state index contributed by atoms with van der Waals surface area (Å²) in [6.07, 6.45) is 2.46. The van der Waals surface area contributed by atoms with E-state index >= 15 is 0 Å². The van der Waals surface area contributed by atoms with Crippen LogP contribution in [0.15, 0.2) is 30.3 Å². The second kappa shape index (κ2) is 6.48. The highest BCUT2D eigenvalue weighted by Gasteiger charge is 2.11. The second-order valence-electron chi connectivity index (χ2n) is 4.39. The van der Waals surface area contributed by atoms with Crippen molar-refractivity contribution in [1.29, 1.82) is 0 Å². The Morgan fingerprint density at radius 2 is 2.05 bits per heavy atom. The molecular weight excluding hydrogens is 258 g/mol. The Morgan fingerprint density at radius 1 is 1.32 bits per heavy atom. The first-order chi connectivity index (χ1) is 9.19. The zero-order chi connectivity index (χ0) is 13.7. The molecule has 0 unspecified atom stereocenters. The minimum Gasteiger partial charge on any atom is -0.481 e. The number of thiazole rings is 1. The van der Waals surface area contributed by atoms with Crippen LogP contribution in [0.3, 0.4) is 0 Å². The molecule has 0 atom stereocenters. The predicted molar refractivity (Wildman–Crippen MR) is 76.7 cm³/mol. The van der Waals surface area contributed by atoms with Gasteiger partial charge in [-0.25, -0.2) is 4.98 Å². The first kappa shape index (κ1) is 13.7. The molecule has 19 heavy (non-hydrogen) atoms. The topological polar surface area (TPSA) is 50.2 Å². The van der Waals surface area contributed by atoms with E-state index in [0.29, 0.717) is 6.42 Å². The lowest BCUT2D eigenvalue weighted by atomic mass is 10.1. The van der Waals surface area contributed by atoms with Gasteiger partial charge in [-0.05, 0) is 18.4 Å². The molecule has 100 valence electrons. The SMILES string of the molecule is CCc1nc(Cc2ccccc2)sc1CCC(=O)O. The molecule has 0 aliphatic carbocycles. The van der Waals surface area contributed by atoms with Crippen molar-refractivity contribution < 1.29 is 9.90 Å². The summed E-state index contributed by atoms with van der Waals surface area (Å²) in [4.78, 5) is 16.4. The molecule has 1 heterocycles. The van der Waals surface area contributed by atoms with Gasteiger partial charge in [0.25, 0.3) is 0 Å². The highest BCUT2D eigenvalue weighted by atomic mass is 32.1. The standard InChI is InChI=1S/C15H17NO2S/c1-2-12-13(8-9-15(17)18)19-14(16-12)10-11-6-4-3-5-7-11/h3-7H,2,8-10H2,1H3,(H,17,18).